The van der Waals surface area contributed by atoms with E-state index in [1.165, 1.54) is 0 Å². The summed E-state index contributed by atoms with van der Waals surface area (Å²) >= 11 is 0. The lowest BCUT2D eigenvalue weighted by atomic mass is 10.2. The van der Waals surface area contributed by atoms with Crippen molar-refractivity contribution in [2.24, 2.45) is 0 Å². The van der Waals surface area contributed by atoms with Crippen molar-refractivity contribution in [3.8, 4) is 11.5 Å². The molecule has 1 aromatic rings. The van der Waals surface area contributed by atoms with E-state index in [1.54, 1.807) is 18.2 Å². The summed E-state index contributed by atoms with van der Waals surface area (Å²) in [4.78, 5) is 10.4. The van der Waals surface area contributed by atoms with Crippen molar-refractivity contribution in [3.63, 3.8) is 0 Å². The standard InChI is InChI=1S/C10H12O3/c1-2-6-13-9-5-3-4-8(7-11)10(9)12/h3-5,7,12H,2,6H2,1H3. The highest BCUT2D eigenvalue weighted by molar-refractivity contribution is 5.80. The van der Waals surface area contributed by atoms with Crippen LogP contribution in [0.1, 0.15) is 23.7 Å². The van der Waals surface area contributed by atoms with Gasteiger partial charge in [0.1, 0.15) is 0 Å². The highest BCUT2D eigenvalue weighted by Gasteiger charge is 2.05. The topological polar surface area (TPSA) is 46.5 Å². The molecule has 0 unspecified atom stereocenters. The first-order valence-corrected chi connectivity index (χ1v) is 4.19. The summed E-state index contributed by atoms with van der Waals surface area (Å²) in [6, 6.07) is 4.85. The maximum atomic E-state index is 10.4. The number of carbonyl (C=O) groups is 1. The predicted molar refractivity (Wildman–Crippen MR) is 49.3 cm³/mol. The Morgan fingerprint density at radius 2 is 2.31 bits per heavy atom. The van der Waals surface area contributed by atoms with Crippen LogP contribution in [0, 0.1) is 0 Å². The normalized spacial score (nSPS) is 9.62. The molecule has 3 heteroatoms. The van der Waals surface area contributed by atoms with E-state index in [2.05, 4.69) is 0 Å². The Labute approximate surface area is 77.0 Å². The maximum absolute atomic E-state index is 10.4. The fraction of sp³-hybridized carbons (Fsp3) is 0.300. The van der Waals surface area contributed by atoms with Crippen LogP contribution in [0.4, 0.5) is 0 Å². The molecule has 1 aromatic carbocycles. The molecule has 0 radical (unpaired) electrons. The number of aldehydes is 1. The average molecular weight is 180 g/mol. The van der Waals surface area contributed by atoms with Crippen LogP contribution in [-0.2, 0) is 0 Å². The third-order valence-electron chi connectivity index (χ3n) is 1.62. The molecule has 0 amide bonds. The number of hydrogen-bond acceptors (Lipinski definition) is 3. The van der Waals surface area contributed by atoms with E-state index in [0.717, 1.165) is 6.42 Å². The van der Waals surface area contributed by atoms with Gasteiger partial charge in [-0.05, 0) is 18.6 Å². The summed E-state index contributed by atoms with van der Waals surface area (Å²) in [6.07, 6.45) is 1.47. The zero-order valence-corrected chi connectivity index (χ0v) is 7.49. The van der Waals surface area contributed by atoms with Crippen molar-refractivity contribution in [2.45, 2.75) is 13.3 Å². The first-order chi connectivity index (χ1) is 6.29. The fourth-order valence-electron chi connectivity index (χ4n) is 0.963. The van der Waals surface area contributed by atoms with Gasteiger partial charge in [0.2, 0.25) is 0 Å². The summed E-state index contributed by atoms with van der Waals surface area (Å²) in [7, 11) is 0. The minimum atomic E-state index is -0.0778. The summed E-state index contributed by atoms with van der Waals surface area (Å²) < 4.78 is 5.22. The number of rotatable bonds is 4. The van der Waals surface area contributed by atoms with Gasteiger partial charge >= 0.3 is 0 Å². The van der Waals surface area contributed by atoms with Crippen molar-refractivity contribution in [2.75, 3.05) is 6.61 Å². The van der Waals surface area contributed by atoms with Gasteiger partial charge in [-0.25, -0.2) is 0 Å². The zero-order valence-electron chi connectivity index (χ0n) is 7.49. The molecule has 0 saturated heterocycles. The van der Waals surface area contributed by atoms with Crippen molar-refractivity contribution in [3.05, 3.63) is 23.8 Å². The second kappa shape index (κ2) is 4.50. The van der Waals surface area contributed by atoms with Gasteiger partial charge in [-0.3, -0.25) is 4.79 Å². The van der Waals surface area contributed by atoms with E-state index >= 15 is 0 Å². The number of hydrogen-bond donors (Lipinski definition) is 1. The van der Waals surface area contributed by atoms with Gasteiger partial charge in [0, 0.05) is 0 Å². The van der Waals surface area contributed by atoms with Crippen LogP contribution in [-0.4, -0.2) is 18.0 Å². The van der Waals surface area contributed by atoms with Crippen molar-refractivity contribution in [1.82, 2.24) is 0 Å². The van der Waals surface area contributed by atoms with Crippen LogP contribution >= 0.6 is 0 Å². The van der Waals surface area contributed by atoms with Crippen molar-refractivity contribution < 1.29 is 14.6 Å². The number of para-hydroxylation sites is 1. The Hall–Kier alpha value is -1.51. The van der Waals surface area contributed by atoms with Gasteiger partial charge in [-0.15, -0.1) is 0 Å². The molecule has 0 aliphatic heterocycles. The minimum Gasteiger partial charge on any atom is -0.504 e. The van der Waals surface area contributed by atoms with E-state index in [4.69, 9.17) is 4.74 Å². The van der Waals surface area contributed by atoms with Crippen LogP contribution in [0.25, 0.3) is 0 Å². The number of phenols is 1. The average Bonchev–Trinajstić information content (AvgIpc) is 2.16. The minimum absolute atomic E-state index is 0.0778. The van der Waals surface area contributed by atoms with Crippen LogP contribution in [0.3, 0.4) is 0 Å². The molecular formula is C10H12O3. The molecule has 0 bridgehead atoms. The number of aromatic hydroxyl groups is 1. The second-order valence-corrected chi connectivity index (χ2v) is 2.66. The van der Waals surface area contributed by atoms with Crippen LogP contribution < -0.4 is 4.74 Å². The van der Waals surface area contributed by atoms with Gasteiger partial charge in [0.15, 0.2) is 17.8 Å². The maximum Gasteiger partial charge on any atom is 0.168 e. The number of phenolic OH excluding ortho intramolecular Hbond substituents is 1. The number of carbonyl (C=O) groups excluding carboxylic acids is 1. The smallest absolute Gasteiger partial charge is 0.168 e. The quantitative estimate of drug-likeness (QED) is 0.721. The zero-order chi connectivity index (χ0) is 9.68. The molecule has 3 nitrogen and oxygen atoms in total. The molecule has 0 heterocycles. The highest BCUT2D eigenvalue weighted by Crippen LogP contribution is 2.28. The van der Waals surface area contributed by atoms with Gasteiger partial charge in [-0.1, -0.05) is 13.0 Å². The Morgan fingerprint density at radius 3 is 2.92 bits per heavy atom. The Balaban J connectivity index is 2.87. The molecule has 0 aliphatic carbocycles. The molecule has 13 heavy (non-hydrogen) atoms. The molecule has 70 valence electrons. The summed E-state index contributed by atoms with van der Waals surface area (Å²) in [5.74, 6) is 0.289. The molecule has 1 N–H and O–H groups in total. The fourth-order valence-corrected chi connectivity index (χ4v) is 0.963. The molecule has 0 fully saturated rings. The van der Waals surface area contributed by atoms with E-state index in [0.29, 0.717) is 18.6 Å². The molecule has 0 atom stereocenters. The third kappa shape index (κ3) is 2.21. The van der Waals surface area contributed by atoms with Gasteiger partial charge in [0.25, 0.3) is 0 Å². The van der Waals surface area contributed by atoms with Crippen LogP contribution in [0.15, 0.2) is 18.2 Å². The van der Waals surface area contributed by atoms with E-state index in [1.807, 2.05) is 6.92 Å². The second-order valence-electron chi connectivity index (χ2n) is 2.66. The molecule has 1 rings (SSSR count). The molecule has 0 saturated carbocycles. The largest absolute Gasteiger partial charge is 0.504 e. The Kier molecular flexibility index (Phi) is 3.31. The third-order valence-corrected chi connectivity index (χ3v) is 1.62. The van der Waals surface area contributed by atoms with E-state index < -0.39 is 0 Å². The van der Waals surface area contributed by atoms with E-state index in [-0.39, 0.29) is 11.3 Å². The van der Waals surface area contributed by atoms with Crippen LogP contribution in [0.5, 0.6) is 11.5 Å². The van der Waals surface area contributed by atoms with Crippen LogP contribution in [0.2, 0.25) is 0 Å². The monoisotopic (exact) mass is 180 g/mol. The lowest BCUT2D eigenvalue weighted by Gasteiger charge is -2.07. The number of benzene rings is 1. The SMILES string of the molecule is CCCOc1cccc(C=O)c1O. The van der Waals surface area contributed by atoms with Crippen molar-refractivity contribution in [1.29, 1.82) is 0 Å². The Morgan fingerprint density at radius 1 is 1.54 bits per heavy atom. The summed E-state index contributed by atoms with van der Waals surface area (Å²) in [5.41, 5.74) is 0.258. The first kappa shape index (κ1) is 9.58. The summed E-state index contributed by atoms with van der Waals surface area (Å²) in [5, 5.41) is 9.46. The van der Waals surface area contributed by atoms with E-state index in [9.17, 15) is 9.90 Å². The number of ether oxygens (including phenoxy) is 1. The van der Waals surface area contributed by atoms with Crippen molar-refractivity contribution >= 4 is 6.29 Å². The first-order valence-electron chi connectivity index (χ1n) is 4.19. The van der Waals surface area contributed by atoms with Gasteiger partial charge < -0.3 is 9.84 Å². The van der Waals surface area contributed by atoms with Gasteiger partial charge in [-0.2, -0.15) is 0 Å². The van der Waals surface area contributed by atoms with Gasteiger partial charge in [0.05, 0.1) is 12.2 Å². The summed E-state index contributed by atoms with van der Waals surface area (Å²) in [6.45, 7) is 2.51. The molecular weight excluding hydrogens is 168 g/mol. The lowest BCUT2D eigenvalue weighted by molar-refractivity contribution is 0.112. The lowest BCUT2D eigenvalue weighted by Crippen LogP contribution is -1.96. The Bertz CT molecular complexity index is 294. The molecule has 0 spiro atoms. The predicted octanol–water partition coefficient (Wildman–Crippen LogP) is 1.99. The molecule has 0 aromatic heterocycles. The molecule has 0 aliphatic rings. The highest BCUT2D eigenvalue weighted by atomic mass is 16.5.